The number of nitrogens with zero attached hydrogens (tertiary/aromatic N) is 1. The highest BCUT2D eigenvalue weighted by Crippen LogP contribution is 2.22. The van der Waals surface area contributed by atoms with Crippen LogP contribution in [-0.4, -0.2) is 10.5 Å². The third kappa shape index (κ3) is 2.48. The molecule has 1 heterocycles. The molecule has 1 N–H and O–H groups in total. The fraction of sp³-hybridized carbons (Fsp3) is 0.167. The summed E-state index contributed by atoms with van der Waals surface area (Å²) < 4.78 is 15.5. The maximum atomic E-state index is 13.8. The Morgan fingerprint density at radius 3 is 2.55 bits per heavy atom. The molecule has 0 bridgehead atoms. The molecule has 0 unspecified atom stereocenters. The first-order valence-corrected chi connectivity index (χ1v) is 7.24. The van der Waals surface area contributed by atoms with E-state index in [-0.39, 0.29) is 11.7 Å². The van der Waals surface area contributed by atoms with Crippen molar-refractivity contribution < 1.29 is 9.18 Å². The first kappa shape index (κ1) is 14.3. The van der Waals surface area contributed by atoms with Gasteiger partial charge in [0.25, 0.3) is 5.91 Å². The molecule has 0 aliphatic heterocycles. The number of hydrogen-bond donors (Lipinski definition) is 1. The summed E-state index contributed by atoms with van der Waals surface area (Å²) in [4.78, 5) is 12.4. The van der Waals surface area contributed by atoms with E-state index in [9.17, 15) is 9.18 Å². The van der Waals surface area contributed by atoms with Crippen molar-refractivity contribution in [2.45, 2.75) is 13.3 Å². The second-order valence-corrected chi connectivity index (χ2v) is 5.27. The quantitative estimate of drug-likeness (QED) is 0.774. The molecule has 3 rings (SSSR count). The molecule has 0 saturated heterocycles. The van der Waals surface area contributed by atoms with Crippen LogP contribution in [0.5, 0.6) is 0 Å². The minimum atomic E-state index is -0.320. The van der Waals surface area contributed by atoms with E-state index >= 15 is 0 Å². The van der Waals surface area contributed by atoms with E-state index < -0.39 is 0 Å². The van der Waals surface area contributed by atoms with Crippen molar-refractivity contribution in [2.75, 3.05) is 5.32 Å². The number of halogens is 1. The summed E-state index contributed by atoms with van der Waals surface area (Å²) in [6.45, 7) is 2.08. The zero-order chi connectivity index (χ0) is 15.7. The largest absolute Gasteiger partial charge is 0.340 e. The SMILES string of the molecule is CCc1ccc(NC(=O)c2cc3c(F)cccc3n2C)cc1. The Hall–Kier alpha value is -2.62. The summed E-state index contributed by atoms with van der Waals surface area (Å²) in [7, 11) is 1.76. The van der Waals surface area contributed by atoms with Gasteiger partial charge < -0.3 is 9.88 Å². The summed E-state index contributed by atoms with van der Waals surface area (Å²) in [6, 6.07) is 14.1. The van der Waals surface area contributed by atoms with Gasteiger partial charge in [-0.3, -0.25) is 4.79 Å². The van der Waals surface area contributed by atoms with Gasteiger partial charge in [-0.2, -0.15) is 0 Å². The Morgan fingerprint density at radius 2 is 1.91 bits per heavy atom. The van der Waals surface area contributed by atoms with Gasteiger partial charge in [-0.25, -0.2) is 4.39 Å². The van der Waals surface area contributed by atoms with E-state index in [4.69, 9.17) is 0 Å². The predicted molar refractivity (Wildman–Crippen MR) is 86.7 cm³/mol. The summed E-state index contributed by atoms with van der Waals surface area (Å²) in [5.41, 5.74) is 3.07. The Morgan fingerprint density at radius 1 is 1.18 bits per heavy atom. The standard InChI is InChI=1S/C18H17FN2O/c1-3-12-7-9-13(10-8-12)20-18(22)17-11-14-15(19)5-4-6-16(14)21(17)2/h4-11H,3H2,1-2H3,(H,20,22). The molecule has 3 aromatic rings. The van der Waals surface area contributed by atoms with Crippen LogP contribution in [0.15, 0.2) is 48.5 Å². The lowest BCUT2D eigenvalue weighted by atomic mass is 10.1. The van der Waals surface area contributed by atoms with Gasteiger partial charge >= 0.3 is 0 Å². The van der Waals surface area contributed by atoms with Crippen LogP contribution in [0.4, 0.5) is 10.1 Å². The lowest BCUT2D eigenvalue weighted by Gasteiger charge is -2.07. The molecule has 0 saturated carbocycles. The summed E-state index contributed by atoms with van der Waals surface area (Å²) >= 11 is 0. The summed E-state index contributed by atoms with van der Waals surface area (Å²) in [5.74, 6) is -0.568. The molecule has 0 aliphatic carbocycles. The molecule has 0 radical (unpaired) electrons. The van der Waals surface area contributed by atoms with Crippen molar-refractivity contribution in [1.29, 1.82) is 0 Å². The van der Waals surface area contributed by atoms with Crippen molar-refractivity contribution in [3.8, 4) is 0 Å². The monoisotopic (exact) mass is 296 g/mol. The number of anilines is 1. The molecule has 2 aromatic carbocycles. The maximum absolute atomic E-state index is 13.8. The number of aryl methyl sites for hydroxylation is 2. The fourth-order valence-corrected chi connectivity index (χ4v) is 2.56. The Bertz CT molecular complexity index is 834. The van der Waals surface area contributed by atoms with Gasteiger partial charge in [0.15, 0.2) is 0 Å². The zero-order valence-corrected chi connectivity index (χ0v) is 12.6. The number of aromatic nitrogens is 1. The molecule has 0 atom stereocenters. The zero-order valence-electron chi connectivity index (χ0n) is 12.6. The molecule has 22 heavy (non-hydrogen) atoms. The third-order valence-electron chi connectivity index (χ3n) is 3.89. The van der Waals surface area contributed by atoms with E-state index in [1.54, 1.807) is 29.8 Å². The van der Waals surface area contributed by atoms with Crippen LogP contribution >= 0.6 is 0 Å². The van der Waals surface area contributed by atoms with Crippen molar-refractivity contribution in [1.82, 2.24) is 4.57 Å². The highest BCUT2D eigenvalue weighted by Gasteiger charge is 2.15. The van der Waals surface area contributed by atoms with Gasteiger partial charge in [-0.15, -0.1) is 0 Å². The van der Waals surface area contributed by atoms with E-state index in [1.165, 1.54) is 11.6 Å². The van der Waals surface area contributed by atoms with Crippen LogP contribution in [0.1, 0.15) is 23.0 Å². The Balaban J connectivity index is 1.91. The number of nitrogens with one attached hydrogen (secondary N) is 1. The number of rotatable bonds is 3. The van der Waals surface area contributed by atoms with Crippen molar-refractivity contribution in [2.24, 2.45) is 7.05 Å². The van der Waals surface area contributed by atoms with Gasteiger partial charge in [0.2, 0.25) is 0 Å². The highest BCUT2D eigenvalue weighted by molar-refractivity contribution is 6.06. The number of carbonyl (C=O) groups excluding carboxylic acids is 1. The van der Waals surface area contributed by atoms with Gasteiger partial charge in [-0.1, -0.05) is 25.1 Å². The van der Waals surface area contributed by atoms with E-state index in [0.29, 0.717) is 16.6 Å². The lowest BCUT2D eigenvalue weighted by Crippen LogP contribution is -2.15. The minimum absolute atomic E-state index is 0.248. The van der Waals surface area contributed by atoms with Gasteiger partial charge in [0.1, 0.15) is 11.5 Å². The van der Waals surface area contributed by atoms with Gasteiger partial charge in [0, 0.05) is 18.1 Å². The van der Waals surface area contributed by atoms with E-state index in [0.717, 1.165) is 12.1 Å². The van der Waals surface area contributed by atoms with Crippen LogP contribution < -0.4 is 5.32 Å². The highest BCUT2D eigenvalue weighted by atomic mass is 19.1. The smallest absolute Gasteiger partial charge is 0.272 e. The summed E-state index contributed by atoms with van der Waals surface area (Å²) in [6.07, 6.45) is 0.955. The Labute approximate surface area is 128 Å². The van der Waals surface area contributed by atoms with Crippen molar-refractivity contribution in [3.05, 3.63) is 65.6 Å². The van der Waals surface area contributed by atoms with Gasteiger partial charge in [0.05, 0.1) is 5.52 Å². The fourth-order valence-electron chi connectivity index (χ4n) is 2.56. The molecule has 0 aliphatic rings. The average Bonchev–Trinajstić information content (AvgIpc) is 2.87. The molecular weight excluding hydrogens is 279 g/mol. The molecule has 0 fully saturated rings. The molecule has 3 nitrogen and oxygen atoms in total. The second kappa shape index (κ2) is 5.64. The van der Waals surface area contributed by atoms with Crippen LogP contribution in [0, 0.1) is 5.82 Å². The summed E-state index contributed by atoms with van der Waals surface area (Å²) in [5, 5.41) is 3.30. The third-order valence-corrected chi connectivity index (χ3v) is 3.89. The lowest BCUT2D eigenvalue weighted by molar-refractivity contribution is 0.102. The van der Waals surface area contributed by atoms with Crippen LogP contribution in [0.3, 0.4) is 0 Å². The maximum Gasteiger partial charge on any atom is 0.272 e. The topological polar surface area (TPSA) is 34.0 Å². The first-order valence-electron chi connectivity index (χ1n) is 7.24. The van der Waals surface area contributed by atoms with Gasteiger partial charge in [-0.05, 0) is 42.3 Å². The number of hydrogen-bond acceptors (Lipinski definition) is 1. The van der Waals surface area contributed by atoms with E-state index in [2.05, 4.69) is 12.2 Å². The van der Waals surface area contributed by atoms with Crippen LogP contribution in [-0.2, 0) is 13.5 Å². The second-order valence-electron chi connectivity index (χ2n) is 5.27. The number of fused-ring (bicyclic) bond motifs is 1. The van der Waals surface area contributed by atoms with E-state index in [1.807, 2.05) is 24.3 Å². The molecular formula is C18H17FN2O. The van der Waals surface area contributed by atoms with Crippen LogP contribution in [0.2, 0.25) is 0 Å². The average molecular weight is 296 g/mol. The number of benzene rings is 2. The Kier molecular flexibility index (Phi) is 3.67. The predicted octanol–water partition coefficient (Wildman–Crippen LogP) is 4.13. The van der Waals surface area contributed by atoms with Crippen molar-refractivity contribution >= 4 is 22.5 Å². The molecule has 1 amide bonds. The number of amides is 1. The molecule has 112 valence electrons. The molecule has 4 heteroatoms. The minimum Gasteiger partial charge on any atom is -0.340 e. The molecule has 1 aromatic heterocycles. The first-order chi connectivity index (χ1) is 10.6. The van der Waals surface area contributed by atoms with Crippen molar-refractivity contribution in [3.63, 3.8) is 0 Å². The number of carbonyl (C=O) groups is 1. The normalized spacial score (nSPS) is 10.9. The van der Waals surface area contributed by atoms with Crippen LogP contribution in [0.25, 0.3) is 10.9 Å². The molecule has 0 spiro atoms.